The number of rotatable bonds is 3. The third kappa shape index (κ3) is 3.14. The van der Waals surface area contributed by atoms with Crippen molar-refractivity contribution < 1.29 is 8.78 Å². The fourth-order valence-electron chi connectivity index (χ4n) is 2.65. The summed E-state index contributed by atoms with van der Waals surface area (Å²) in [5.74, 6) is -0.928. The number of halogens is 4. The van der Waals surface area contributed by atoms with E-state index in [0.717, 1.165) is 30.0 Å². The van der Waals surface area contributed by atoms with Crippen LogP contribution in [0.25, 0.3) is 0 Å². The van der Waals surface area contributed by atoms with E-state index in [1.807, 2.05) is 24.3 Å². The normalized spacial score (nSPS) is 21.0. The van der Waals surface area contributed by atoms with Crippen molar-refractivity contribution in [1.82, 2.24) is 0 Å². The average molecular weight is 328 g/mol. The van der Waals surface area contributed by atoms with Crippen LogP contribution in [-0.2, 0) is 0 Å². The molecule has 1 fully saturated rings. The molecular weight excluding hydrogens is 315 g/mol. The van der Waals surface area contributed by atoms with Gasteiger partial charge in [-0.3, -0.25) is 0 Å². The van der Waals surface area contributed by atoms with Crippen molar-refractivity contribution >= 4 is 28.9 Å². The van der Waals surface area contributed by atoms with Gasteiger partial charge < -0.3 is 5.32 Å². The molecule has 1 aliphatic rings. The van der Waals surface area contributed by atoms with E-state index >= 15 is 0 Å². The second kappa shape index (κ2) is 5.82. The Morgan fingerprint density at radius 1 is 1.05 bits per heavy atom. The predicted octanol–water partition coefficient (Wildman–Crippen LogP) is 5.63. The summed E-state index contributed by atoms with van der Waals surface area (Å²) in [6, 6.07) is 9.83. The minimum Gasteiger partial charge on any atom is -0.379 e. The quantitative estimate of drug-likeness (QED) is 0.770. The Labute approximate surface area is 131 Å². The van der Waals surface area contributed by atoms with Gasteiger partial charge in [0.25, 0.3) is 0 Å². The first-order valence-corrected chi connectivity index (χ1v) is 7.45. The average Bonchev–Trinajstić information content (AvgIpc) is 2.35. The largest absolute Gasteiger partial charge is 0.379 e. The van der Waals surface area contributed by atoms with Gasteiger partial charge in [-0.05, 0) is 42.5 Å². The molecule has 1 nitrogen and oxygen atoms in total. The van der Waals surface area contributed by atoms with Crippen LogP contribution < -0.4 is 5.32 Å². The van der Waals surface area contributed by atoms with Gasteiger partial charge in [0.15, 0.2) is 5.82 Å². The molecule has 1 aliphatic carbocycles. The predicted molar refractivity (Wildman–Crippen MR) is 82.2 cm³/mol. The highest BCUT2D eigenvalue weighted by atomic mass is 35.5. The minimum absolute atomic E-state index is 0.0682. The fourth-order valence-corrected chi connectivity index (χ4v) is 3.10. The van der Waals surface area contributed by atoms with Crippen LogP contribution >= 0.6 is 23.2 Å². The number of anilines is 1. The highest BCUT2D eigenvalue weighted by molar-refractivity contribution is 6.33. The molecule has 1 saturated carbocycles. The van der Waals surface area contributed by atoms with Crippen molar-refractivity contribution in [3.05, 3.63) is 63.6 Å². The lowest BCUT2D eigenvalue weighted by Crippen LogP contribution is -2.34. The molecule has 0 unspecified atom stereocenters. The molecule has 0 aromatic heterocycles. The van der Waals surface area contributed by atoms with Crippen LogP contribution in [0.2, 0.25) is 10.0 Å². The standard InChI is InChI=1S/C16H13Cl2F2N/c17-11-3-1-2-9(4-11)10-5-13(6-10)21-16-14(18)7-12(19)8-15(16)20/h1-4,7-8,10,13,21H,5-6H2. The lowest BCUT2D eigenvalue weighted by molar-refractivity contribution is 0.373. The molecule has 3 rings (SSSR count). The molecule has 0 spiro atoms. The van der Waals surface area contributed by atoms with Gasteiger partial charge in [-0.2, -0.15) is 0 Å². The fraction of sp³-hybridized carbons (Fsp3) is 0.250. The van der Waals surface area contributed by atoms with Crippen LogP contribution in [0.3, 0.4) is 0 Å². The van der Waals surface area contributed by atoms with Gasteiger partial charge in [-0.15, -0.1) is 0 Å². The molecule has 0 atom stereocenters. The Bertz CT molecular complexity index is 646. The van der Waals surface area contributed by atoms with Crippen LogP contribution in [0, 0.1) is 11.6 Å². The summed E-state index contributed by atoms with van der Waals surface area (Å²) in [7, 11) is 0. The van der Waals surface area contributed by atoms with E-state index in [9.17, 15) is 8.78 Å². The second-order valence-corrected chi connectivity index (χ2v) is 6.15. The summed E-state index contributed by atoms with van der Waals surface area (Å²) in [4.78, 5) is 0. The van der Waals surface area contributed by atoms with E-state index < -0.39 is 11.6 Å². The van der Waals surface area contributed by atoms with E-state index in [4.69, 9.17) is 23.2 Å². The van der Waals surface area contributed by atoms with Crippen LogP contribution in [0.5, 0.6) is 0 Å². The van der Waals surface area contributed by atoms with Crippen molar-refractivity contribution in [3.63, 3.8) is 0 Å². The lowest BCUT2D eigenvalue weighted by atomic mass is 9.76. The van der Waals surface area contributed by atoms with Gasteiger partial charge in [0.1, 0.15) is 5.82 Å². The van der Waals surface area contributed by atoms with E-state index in [2.05, 4.69) is 5.32 Å². The van der Waals surface area contributed by atoms with E-state index in [0.29, 0.717) is 5.92 Å². The summed E-state index contributed by atoms with van der Waals surface area (Å²) in [5.41, 5.74) is 1.36. The number of nitrogens with one attached hydrogen (secondary N) is 1. The molecule has 0 aliphatic heterocycles. The molecule has 0 radical (unpaired) electrons. The molecule has 2 aromatic rings. The summed E-state index contributed by atoms with van der Waals surface area (Å²) < 4.78 is 26.7. The number of hydrogen-bond donors (Lipinski definition) is 1. The second-order valence-electron chi connectivity index (χ2n) is 5.31. The number of benzene rings is 2. The summed E-state index contributed by atoms with van der Waals surface area (Å²) >= 11 is 11.8. The summed E-state index contributed by atoms with van der Waals surface area (Å²) in [6.07, 6.45) is 1.74. The van der Waals surface area contributed by atoms with Crippen LogP contribution in [-0.4, -0.2) is 6.04 Å². The van der Waals surface area contributed by atoms with E-state index in [1.165, 1.54) is 5.56 Å². The Balaban J connectivity index is 1.65. The van der Waals surface area contributed by atoms with Crippen LogP contribution in [0.4, 0.5) is 14.5 Å². The Hall–Kier alpha value is -1.32. The topological polar surface area (TPSA) is 12.0 Å². The highest BCUT2D eigenvalue weighted by Crippen LogP contribution is 2.40. The Morgan fingerprint density at radius 3 is 2.48 bits per heavy atom. The van der Waals surface area contributed by atoms with Gasteiger partial charge in [-0.1, -0.05) is 35.3 Å². The van der Waals surface area contributed by atoms with Gasteiger partial charge in [0, 0.05) is 17.1 Å². The summed E-state index contributed by atoms with van der Waals surface area (Å²) in [6.45, 7) is 0. The molecular formula is C16H13Cl2F2N. The van der Waals surface area contributed by atoms with Gasteiger partial charge >= 0.3 is 0 Å². The third-order valence-electron chi connectivity index (χ3n) is 3.81. The first kappa shape index (κ1) is 14.6. The van der Waals surface area contributed by atoms with Gasteiger partial charge in [-0.25, -0.2) is 8.78 Å². The zero-order valence-corrected chi connectivity index (χ0v) is 12.6. The van der Waals surface area contributed by atoms with Crippen LogP contribution in [0.1, 0.15) is 24.3 Å². The zero-order valence-electron chi connectivity index (χ0n) is 11.0. The maximum absolute atomic E-state index is 13.7. The first-order valence-electron chi connectivity index (χ1n) is 6.69. The van der Waals surface area contributed by atoms with E-state index in [1.54, 1.807) is 0 Å². The monoisotopic (exact) mass is 327 g/mol. The first-order chi connectivity index (χ1) is 10.0. The molecule has 0 saturated heterocycles. The van der Waals surface area contributed by atoms with Gasteiger partial charge in [0.05, 0.1) is 10.7 Å². The van der Waals surface area contributed by atoms with Crippen molar-refractivity contribution in [2.24, 2.45) is 0 Å². The van der Waals surface area contributed by atoms with E-state index in [-0.39, 0.29) is 16.8 Å². The van der Waals surface area contributed by atoms with Crippen molar-refractivity contribution in [2.45, 2.75) is 24.8 Å². The third-order valence-corrected chi connectivity index (χ3v) is 4.35. The molecule has 0 bridgehead atoms. The SMILES string of the molecule is Fc1cc(F)c(NC2CC(c3cccc(Cl)c3)C2)c(Cl)c1. The molecule has 0 heterocycles. The molecule has 0 amide bonds. The van der Waals surface area contributed by atoms with Crippen molar-refractivity contribution in [1.29, 1.82) is 0 Å². The zero-order chi connectivity index (χ0) is 15.0. The summed E-state index contributed by atoms with van der Waals surface area (Å²) in [5, 5.41) is 3.84. The van der Waals surface area contributed by atoms with Crippen molar-refractivity contribution in [2.75, 3.05) is 5.32 Å². The van der Waals surface area contributed by atoms with Crippen molar-refractivity contribution in [3.8, 4) is 0 Å². The smallest absolute Gasteiger partial charge is 0.150 e. The molecule has 21 heavy (non-hydrogen) atoms. The minimum atomic E-state index is -0.673. The lowest BCUT2D eigenvalue weighted by Gasteiger charge is -2.37. The molecule has 110 valence electrons. The Kier molecular flexibility index (Phi) is 4.05. The molecule has 1 N–H and O–H groups in total. The Morgan fingerprint density at radius 2 is 1.81 bits per heavy atom. The highest BCUT2D eigenvalue weighted by Gasteiger charge is 2.31. The molecule has 2 aromatic carbocycles. The van der Waals surface area contributed by atoms with Gasteiger partial charge in [0.2, 0.25) is 0 Å². The molecule has 5 heteroatoms. The number of hydrogen-bond acceptors (Lipinski definition) is 1. The maximum atomic E-state index is 13.7. The maximum Gasteiger partial charge on any atom is 0.150 e. The van der Waals surface area contributed by atoms with Crippen LogP contribution in [0.15, 0.2) is 36.4 Å².